The summed E-state index contributed by atoms with van der Waals surface area (Å²) in [5, 5.41) is 3.72. The highest BCUT2D eigenvalue weighted by atomic mass is 32.2. The lowest BCUT2D eigenvalue weighted by Gasteiger charge is -2.11. The van der Waals surface area contributed by atoms with E-state index >= 15 is 0 Å². The van der Waals surface area contributed by atoms with E-state index in [4.69, 9.17) is 5.73 Å². The Morgan fingerprint density at radius 1 is 1.42 bits per heavy atom. The van der Waals surface area contributed by atoms with Gasteiger partial charge in [0.25, 0.3) is 0 Å². The molecule has 1 aliphatic rings. The molecule has 2 rings (SSSR count). The van der Waals surface area contributed by atoms with Gasteiger partial charge in [-0.05, 0) is 37.5 Å². The molecular formula is C15H22N2OS. The maximum absolute atomic E-state index is 11.9. The molecule has 19 heavy (non-hydrogen) atoms. The maximum Gasteiger partial charge on any atom is 0.225 e. The number of hydrogen-bond donors (Lipinski definition) is 2. The smallest absolute Gasteiger partial charge is 0.225 e. The molecule has 1 aliphatic carbocycles. The Morgan fingerprint density at radius 2 is 2.16 bits per heavy atom. The molecule has 3 N–H and O–H groups in total. The minimum atomic E-state index is 0.0826. The van der Waals surface area contributed by atoms with Gasteiger partial charge in [0.2, 0.25) is 5.91 Å². The first-order chi connectivity index (χ1) is 9.16. The number of nitrogens with one attached hydrogen (secondary N) is 1. The zero-order chi connectivity index (χ0) is 13.7. The van der Waals surface area contributed by atoms with Crippen LogP contribution in [0.5, 0.6) is 0 Å². The van der Waals surface area contributed by atoms with Crippen LogP contribution in [0.1, 0.15) is 37.7 Å². The fourth-order valence-electron chi connectivity index (χ4n) is 2.37. The Hall–Kier alpha value is -1.16. The van der Waals surface area contributed by atoms with E-state index < -0.39 is 0 Å². The average Bonchev–Trinajstić information content (AvgIpc) is 2.88. The summed E-state index contributed by atoms with van der Waals surface area (Å²) in [4.78, 5) is 11.9. The zero-order valence-corrected chi connectivity index (χ0v) is 12.3. The SMILES string of the molecule is Cc1c(N)cccc1NC(=O)CCSC1CCCC1. The minimum absolute atomic E-state index is 0.0826. The molecule has 0 saturated heterocycles. The number of thioether (sulfide) groups is 1. The Balaban J connectivity index is 1.76. The van der Waals surface area contributed by atoms with Crippen LogP contribution in [0.15, 0.2) is 18.2 Å². The molecule has 104 valence electrons. The van der Waals surface area contributed by atoms with Gasteiger partial charge in [0.1, 0.15) is 0 Å². The number of anilines is 2. The number of benzene rings is 1. The Morgan fingerprint density at radius 3 is 2.89 bits per heavy atom. The van der Waals surface area contributed by atoms with Crippen molar-refractivity contribution < 1.29 is 4.79 Å². The summed E-state index contributed by atoms with van der Waals surface area (Å²) >= 11 is 1.94. The van der Waals surface area contributed by atoms with Crippen molar-refractivity contribution in [2.24, 2.45) is 0 Å². The summed E-state index contributed by atoms with van der Waals surface area (Å²) < 4.78 is 0. The summed E-state index contributed by atoms with van der Waals surface area (Å²) in [5.41, 5.74) is 8.32. The lowest BCUT2D eigenvalue weighted by molar-refractivity contribution is -0.115. The monoisotopic (exact) mass is 278 g/mol. The van der Waals surface area contributed by atoms with E-state index in [-0.39, 0.29) is 5.91 Å². The van der Waals surface area contributed by atoms with Crippen LogP contribution in [0.25, 0.3) is 0 Å². The quantitative estimate of drug-likeness (QED) is 0.809. The third-order valence-corrected chi connectivity index (χ3v) is 5.02. The van der Waals surface area contributed by atoms with E-state index in [1.807, 2.05) is 36.9 Å². The minimum Gasteiger partial charge on any atom is -0.398 e. The standard InChI is InChI=1S/C15H22N2OS/c1-11-13(16)7-4-8-14(11)17-15(18)9-10-19-12-5-2-3-6-12/h4,7-8,12H,2-3,5-6,9-10,16H2,1H3,(H,17,18). The number of carbonyl (C=O) groups excluding carboxylic acids is 1. The van der Waals surface area contributed by atoms with E-state index in [0.717, 1.165) is 27.9 Å². The van der Waals surface area contributed by atoms with E-state index in [0.29, 0.717) is 6.42 Å². The first-order valence-corrected chi connectivity index (χ1v) is 7.98. The molecule has 1 fully saturated rings. The van der Waals surface area contributed by atoms with Crippen molar-refractivity contribution in [1.82, 2.24) is 0 Å². The molecular weight excluding hydrogens is 256 g/mol. The molecule has 0 aliphatic heterocycles. The van der Waals surface area contributed by atoms with Gasteiger partial charge in [-0.15, -0.1) is 0 Å². The molecule has 0 bridgehead atoms. The summed E-state index contributed by atoms with van der Waals surface area (Å²) in [6.45, 7) is 1.93. The van der Waals surface area contributed by atoms with Gasteiger partial charge in [0.05, 0.1) is 0 Å². The fraction of sp³-hybridized carbons (Fsp3) is 0.533. The van der Waals surface area contributed by atoms with Crippen LogP contribution in [-0.2, 0) is 4.79 Å². The molecule has 1 aromatic rings. The maximum atomic E-state index is 11.9. The molecule has 1 amide bonds. The molecule has 1 aromatic carbocycles. The molecule has 3 nitrogen and oxygen atoms in total. The first-order valence-electron chi connectivity index (χ1n) is 6.93. The summed E-state index contributed by atoms with van der Waals surface area (Å²) in [6.07, 6.45) is 5.93. The number of carbonyl (C=O) groups is 1. The third-order valence-electron chi connectivity index (χ3n) is 3.63. The van der Waals surface area contributed by atoms with Gasteiger partial charge < -0.3 is 11.1 Å². The van der Waals surface area contributed by atoms with Gasteiger partial charge in [-0.1, -0.05) is 18.9 Å². The second-order valence-electron chi connectivity index (χ2n) is 5.10. The van der Waals surface area contributed by atoms with E-state index in [1.165, 1.54) is 25.7 Å². The normalized spacial score (nSPS) is 15.6. The topological polar surface area (TPSA) is 55.1 Å². The van der Waals surface area contributed by atoms with Gasteiger partial charge in [0, 0.05) is 28.8 Å². The molecule has 0 unspecified atom stereocenters. The summed E-state index contributed by atoms with van der Waals surface area (Å²) in [7, 11) is 0. The largest absolute Gasteiger partial charge is 0.398 e. The Labute approximate surface area is 119 Å². The average molecular weight is 278 g/mol. The lowest BCUT2D eigenvalue weighted by atomic mass is 10.1. The fourth-order valence-corrected chi connectivity index (χ4v) is 3.68. The Kier molecular flexibility index (Phi) is 5.14. The molecule has 0 radical (unpaired) electrons. The van der Waals surface area contributed by atoms with Gasteiger partial charge >= 0.3 is 0 Å². The Bertz CT molecular complexity index is 442. The van der Waals surface area contributed by atoms with Crippen LogP contribution in [-0.4, -0.2) is 16.9 Å². The van der Waals surface area contributed by atoms with Crippen molar-refractivity contribution in [3.63, 3.8) is 0 Å². The van der Waals surface area contributed by atoms with Crippen LogP contribution in [0.4, 0.5) is 11.4 Å². The predicted molar refractivity (Wildman–Crippen MR) is 83.6 cm³/mol. The molecule has 4 heteroatoms. The summed E-state index contributed by atoms with van der Waals surface area (Å²) in [5.74, 6) is 0.997. The van der Waals surface area contributed by atoms with E-state index in [9.17, 15) is 4.79 Å². The van der Waals surface area contributed by atoms with Crippen molar-refractivity contribution in [3.05, 3.63) is 23.8 Å². The van der Waals surface area contributed by atoms with Crippen molar-refractivity contribution >= 4 is 29.0 Å². The number of nitrogens with two attached hydrogens (primary N) is 1. The lowest BCUT2D eigenvalue weighted by Crippen LogP contribution is -2.14. The van der Waals surface area contributed by atoms with E-state index in [2.05, 4.69) is 5.32 Å². The second-order valence-corrected chi connectivity index (χ2v) is 6.50. The molecule has 0 atom stereocenters. The van der Waals surface area contributed by atoms with Gasteiger partial charge in [0.15, 0.2) is 0 Å². The molecule has 0 spiro atoms. The highest BCUT2D eigenvalue weighted by molar-refractivity contribution is 7.99. The number of hydrogen-bond acceptors (Lipinski definition) is 3. The third kappa shape index (κ3) is 4.16. The van der Waals surface area contributed by atoms with Crippen LogP contribution in [0, 0.1) is 6.92 Å². The zero-order valence-electron chi connectivity index (χ0n) is 11.4. The van der Waals surface area contributed by atoms with Gasteiger partial charge in [-0.25, -0.2) is 0 Å². The van der Waals surface area contributed by atoms with Crippen LogP contribution in [0.2, 0.25) is 0 Å². The highest BCUT2D eigenvalue weighted by Gasteiger charge is 2.15. The molecule has 0 heterocycles. The van der Waals surface area contributed by atoms with E-state index in [1.54, 1.807) is 0 Å². The van der Waals surface area contributed by atoms with Gasteiger partial charge in [-0.2, -0.15) is 11.8 Å². The second kappa shape index (κ2) is 6.85. The number of amides is 1. The summed E-state index contributed by atoms with van der Waals surface area (Å²) in [6, 6.07) is 5.61. The number of nitrogen functional groups attached to an aromatic ring is 1. The van der Waals surface area contributed by atoms with Crippen LogP contribution < -0.4 is 11.1 Å². The first kappa shape index (κ1) is 14.3. The van der Waals surface area contributed by atoms with Gasteiger partial charge in [-0.3, -0.25) is 4.79 Å². The van der Waals surface area contributed by atoms with Crippen molar-refractivity contribution in [3.8, 4) is 0 Å². The molecule has 1 saturated carbocycles. The predicted octanol–water partition coefficient (Wildman–Crippen LogP) is 3.58. The van der Waals surface area contributed by atoms with Crippen LogP contribution in [0.3, 0.4) is 0 Å². The highest BCUT2D eigenvalue weighted by Crippen LogP contribution is 2.29. The van der Waals surface area contributed by atoms with Crippen molar-refractivity contribution in [2.45, 2.75) is 44.3 Å². The van der Waals surface area contributed by atoms with Crippen molar-refractivity contribution in [2.75, 3.05) is 16.8 Å². The van der Waals surface area contributed by atoms with Crippen LogP contribution >= 0.6 is 11.8 Å². The molecule has 0 aromatic heterocycles. The van der Waals surface area contributed by atoms with Crippen molar-refractivity contribution in [1.29, 1.82) is 0 Å². The number of rotatable bonds is 5.